The van der Waals surface area contributed by atoms with E-state index < -0.39 is 5.82 Å². The number of nitrogens with one attached hydrogen (secondary N) is 1. The highest BCUT2D eigenvalue weighted by atomic mass is 19.1. The standard InChI is InChI=1S/C14H21FN2O3/c1-18-5-6-19-3-2-4-20-10-11-7-12(14(16)17)9-13(15)8-11/h7-9H,2-6,10H2,1H3,(H3,16,17). The Balaban J connectivity index is 2.23. The highest BCUT2D eigenvalue weighted by molar-refractivity contribution is 5.95. The second-order valence-electron chi connectivity index (χ2n) is 4.27. The van der Waals surface area contributed by atoms with Gasteiger partial charge >= 0.3 is 0 Å². The summed E-state index contributed by atoms with van der Waals surface area (Å²) in [6.07, 6.45) is 0.762. The monoisotopic (exact) mass is 284 g/mol. The van der Waals surface area contributed by atoms with Crippen LogP contribution in [-0.2, 0) is 20.8 Å². The summed E-state index contributed by atoms with van der Waals surface area (Å²) in [5.74, 6) is -0.573. The van der Waals surface area contributed by atoms with Gasteiger partial charge in [-0.15, -0.1) is 0 Å². The van der Waals surface area contributed by atoms with Gasteiger partial charge in [0, 0.05) is 25.9 Å². The Kier molecular flexibility index (Phi) is 7.79. The molecule has 0 aliphatic heterocycles. The van der Waals surface area contributed by atoms with Crippen molar-refractivity contribution < 1.29 is 18.6 Å². The van der Waals surface area contributed by atoms with Gasteiger partial charge < -0.3 is 19.9 Å². The lowest BCUT2D eigenvalue weighted by molar-refractivity contribution is 0.0483. The number of nitrogens with two attached hydrogens (primary N) is 1. The Labute approximate surface area is 118 Å². The topological polar surface area (TPSA) is 77.6 Å². The fourth-order valence-corrected chi connectivity index (χ4v) is 1.59. The van der Waals surface area contributed by atoms with E-state index in [0.717, 1.165) is 6.42 Å². The molecule has 0 unspecified atom stereocenters. The van der Waals surface area contributed by atoms with Gasteiger partial charge in [0.05, 0.1) is 19.8 Å². The number of ether oxygens (including phenoxy) is 3. The van der Waals surface area contributed by atoms with E-state index in [9.17, 15) is 4.39 Å². The fourth-order valence-electron chi connectivity index (χ4n) is 1.59. The van der Waals surface area contributed by atoms with Gasteiger partial charge in [0.1, 0.15) is 11.7 Å². The highest BCUT2D eigenvalue weighted by Gasteiger charge is 2.03. The number of hydrogen-bond donors (Lipinski definition) is 2. The Morgan fingerprint density at radius 3 is 2.60 bits per heavy atom. The van der Waals surface area contributed by atoms with Gasteiger partial charge in [-0.1, -0.05) is 0 Å². The van der Waals surface area contributed by atoms with Crippen LogP contribution in [0, 0.1) is 11.2 Å². The van der Waals surface area contributed by atoms with E-state index >= 15 is 0 Å². The molecule has 0 bridgehead atoms. The minimum Gasteiger partial charge on any atom is -0.384 e. The average Bonchev–Trinajstić information content (AvgIpc) is 2.41. The molecule has 5 nitrogen and oxygen atoms in total. The van der Waals surface area contributed by atoms with Crippen LogP contribution in [0.25, 0.3) is 0 Å². The number of amidine groups is 1. The molecule has 0 amide bonds. The molecule has 0 saturated heterocycles. The van der Waals surface area contributed by atoms with Crippen LogP contribution in [0.4, 0.5) is 4.39 Å². The van der Waals surface area contributed by atoms with Gasteiger partial charge in [-0.05, 0) is 30.2 Å². The van der Waals surface area contributed by atoms with Gasteiger partial charge in [0.2, 0.25) is 0 Å². The van der Waals surface area contributed by atoms with Crippen molar-refractivity contribution in [3.8, 4) is 0 Å². The molecule has 0 spiro atoms. The molecule has 112 valence electrons. The van der Waals surface area contributed by atoms with E-state index in [0.29, 0.717) is 37.6 Å². The number of benzene rings is 1. The maximum absolute atomic E-state index is 13.3. The number of rotatable bonds is 10. The lowest BCUT2D eigenvalue weighted by atomic mass is 10.1. The molecule has 1 aromatic carbocycles. The van der Waals surface area contributed by atoms with Gasteiger partial charge in [-0.2, -0.15) is 0 Å². The van der Waals surface area contributed by atoms with Gasteiger partial charge in [-0.25, -0.2) is 4.39 Å². The van der Waals surface area contributed by atoms with Gasteiger partial charge in [-0.3, -0.25) is 5.41 Å². The van der Waals surface area contributed by atoms with Crippen molar-refractivity contribution in [2.24, 2.45) is 5.73 Å². The molecule has 0 aromatic heterocycles. The SMILES string of the molecule is COCCOCCCOCc1cc(F)cc(C(=N)N)c1. The molecule has 6 heteroatoms. The third-order valence-electron chi connectivity index (χ3n) is 2.55. The first-order valence-corrected chi connectivity index (χ1v) is 6.41. The van der Waals surface area contributed by atoms with E-state index in [1.165, 1.54) is 12.1 Å². The Hall–Kier alpha value is -1.50. The molecule has 0 heterocycles. The van der Waals surface area contributed by atoms with Crippen LogP contribution in [0.1, 0.15) is 17.5 Å². The first-order valence-electron chi connectivity index (χ1n) is 6.41. The summed E-state index contributed by atoms with van der Waals surface area (Å²) >= 11 is 0. The van der Waals surface area contributed by atoms with Crippen LogP contribution in [0.5, 0.6) is 0 Å². The van der Waals surface area contributed by atoms with Crippen LogP contribution >= 0.6 is 0 Å². The smallest absolute Gasteiger partial charge is 0.124 e. The third-order valence-corrected chi connectivity index (χ3v) is 2.55. The molecule has 0 saturated carbocycles. The summed E-state index contributed by atoms with van der Waals surface area (Å²) in [6, 6.07) is 4.26. The molecule has 0 aliphatic rings. The summed E-state index contributed by atoms with van der Waals surface area (Å²) in [5.41, 5.74) is 6.36. The average molecular weight is 284 g/mol. The number of nitrogen functional groups attached to an aromatic ring is 1. The van der Waals surface area contributed by atoms with Crippen molar-refractivity contribution in [1.82, 2.24) is 0 Å². The molecule has 0 fully saturated rings. The lowest BCUT2D eigenvalue weighted by Crippen LogP contribution is -2.12. The maximum atomic E-state index is 13.3. The van der Waals surface area contributed by atoms with Gasteiger partial charge in [0.15, 0.2) is 0 Å². The van der Waals surface area contributed by atoms with E-state index in [1.807, 2.05) is 0 Å². The zero-order chi connectivity index (χ0) is 14.8. The zero-order valence-electron chi connectivity index (χ0n) is 11.7. The Morgan fingerprint density at radius 1 is 1.15 bits per heavy atom. The number of hydrogen-bond acceptors (Lipinski definition) is 4. The van der Waals surface area contributed by atoms with Crippen LogP contribution in [0.15, 0.2) is 18.2 Å². The molecule has 0 atom stereocenters. The molecular formula is C14H21FN2O3. The molecule has 0 radical (unpaired) electrons. The molecular weight excluding hydrogens is 263 g/mol. The normalized spacial score (nSPS) is 10.7. The summed E-state index contributed by atoms with van der Waals surface area (Å²) in [4.78, 5) is 0. The summed E-state index contributed by atoms with van der Waals surface area (Å²) < 4.78 is 28.9. The summed E-state index contributed by atoms with van der Waals surface area (Å²) in [7, 11) is 1.63. The van der Waals surface area contributed by atoms with Crippen molar-refractivity contribution in [3.63, 3.8) is 0 Å². The van der Waals surface area contributed by atoms with E-state index in [4.69, 9.17) is 25.4 Å². The second kappa shape index (κ2) is 9.41. The summed E-state index contributed by atoms with van der Waals surface area (Å²) in [6.45, 7) is 2.57. The summed E-state index contributed by atoms with van der Waals surface area (Å²) in [5, 5.41) is 7.30. The third kappa shape index (κ3) is 6.60. The fraction of sp³-hybridized carbons (Fsp3) is 0.500. The predicted octanol–water partition coefficient (Wildman–Crippen LogP) is 1.68. The van der Waals surface area contributed by atoms with Crippen LogP contribution in [0.3, 0.4) is 0 Å². The van der Waals surface area contributed by atoms with Gasteiger partial charge in [0.25, 0.3) is 0 Å². The number of halogens is 1. The molecule has 0 aliphatic carbocycles. The van der Waals surface area contributed by atoms with Crippen molar-refractivity contribution in [1.29, 1.82) is 5.41 Å². The predicted molar refractivity (Wildman–Crippen MR) is 74.4 cm³/mol. The zero-order valence-corrected chi connectivity index (χ0v) is 11.7. The van der Waals surface area contributed by atoms with E-state index in [2.05, 4.69) is 0 Å². The molecule has 1 aromatic rings. The van der Waals surface area contributed by atoms with E-state index in [1.54, 1.807) is 13.2 Å². The lowest BCUT2D eigenvalue weighted by Gasteiger charge is -2.07. The quantitative estimate of drug-likeness (QED) is 0.389. The largest absolute Gasteiger partial charge is 0.384 e. The molecule has 20 heavy (non-hydrogen) atoms. The first-order chi connectivity index (χ1) is 9.63. The Morgan fingerprint density at radius 2 is 1.90 bits per heavy atom. The Bertz CT molecular complexity index is 427. The maximum Gasteiger partial charge on any atom is 0.124 e. The van der Waals surface area contributed by atoms with Crippen LogP contribution in [-0.4, -0.2) is 39.4 Å². The second-order valence-corrected chi connectivity index (χ2v) is 4.27. The van der Waals surface area contributed by atoms with Crippen LogP contribution in [0.2, 0.25) is 0 Å². The van der Waals surface area contributed by atoms with Crippen molar-refractivity contribution in [2.45, 2.75) is 13.0 Å². The highest BCUT2D eigenvalue weighted by Crippen LogP contribution is 2.10. The van der Waals surface area contributed by atoms with E-state index in [-0.39, 0.29) is 12.4 Å². The minimum absolute atomic E-state index is 0.155. The van der Waals surface area contributed by atoms with Crippen molar-refractivity contribution in [3.05, 3.63) is 35.1 Å². The van der Waals surface area contributed by atoms with Crippen LogP contribution < -0.4 is 5.73 Å². The van der Waals surface area contributed by atoms with Crippen molar-refractivity contribution >= 4 is 5.84 Å². The first kappa shape index (κ1) is 16.6. The number of methoxy groups -OCH3 is 1. The minimum atomic E-state index is -0.417. The molecule has 3 N–H and O–H groups in total. The van der Waals surface area contributed by atoms with Crippen molar-refractivity contribution in [2.75, 3.05) is 33.5 Å². The molecule has 1 rings (SSSR count).